The van der Waals surface area contributed by atoms with E-state index in [4.69, 9.17) is 9.72 Å². The van der Waals surface area contributed by atoms with Crippen molar-refractivity contribution in [2.45, 2.75) is 24.2 Å². The van der Waals surface area contributed by atoms with E-state index in [2.05, 4.69) is 14.8 Å². The Kier molecular flexibility index (Phi) is 5.86. The number of sulfonamides is 1. The molecule has 1 aromatic carbocycles. The molecule has 1 aromatic heterocycles. The molecule has 0 saturated carbocycles. The van der Waals surface area contributed by atoms with Gasteiger partial charge in [0, 0.05) is 51.5 Å². The van der Waals surface area contributed by atoms with Crippen molar-refractivity contribution in [2.24, 2.45) is 0 Å². The van der Waals surface area contributed by atoms with Gasteiger partial charge in [-0.2, -0.15) is 9.29 Å². The molecule has 29 heavy (non-hydrogen) atoms. The average molecular weight is 418 g/mol. The van der Waals surface area contributed by atoms with Gasteiger partial charge in [-0.3, -0.25) is 0 Å². The number of ether oxygens (including phenoxy) is 1. The molecule has 2 fully saturated rings. The van der Waals surface area contributed by atoms with Crippen molar-refractivity contribution in [3.8, 4) is 5.75 Å². The number of hydrogen-bond acceptors (Lipinski definition) is 7. The summed E-state index contributed by atoms with van der Waals surface area (Å²) in [6.45, 7) is 4.02. The highest BCUT2D eigenvalue weighted by Gasteiger charge is 2.29. The Balaban J connectivity index is 1.44. The van der Waals surface area contributed by atoms with Crippen LogP contribution < -0.4 is 14.5 Å². The Labute approximate surface area is 172 Å². The van der Waals surface area contributed by atoms with Crippen LogP contribution in [0.25, 0.3) is 0 Å². The van der Waals surface area contributed by atoms with Gasteiger partial charge in [0.15, 0.2) is 0 Å². The highest BCUT2D eigenvalue weighted by Crippen LogP contribution is 2.24. The minimum atomic E-state index is -3.54. The van der Waals surface area contributed by atoms with Gasteiger partial charge < -0.3 is 14.5 Å². The maximum atomic E-state index is 13.0. The SMILES string of the molecule is COc1cccc(S(=O)(=O)N2CCN(c3ccnc(N4CCCCC4)n3)CC2)c1. The van der Waals surface area contributed by atoms with Crippen molar-refractivity contribution >= 4 is 21.8 Å². The zero-order valence-electron chi connectivity index (χ0n) is 16.7. The van der Waals surface area contributed by atoms with Crippen molar-refractivity contribution < 1.29 is 13.2 Å². The summed E-state index contributed by atoms with van der Waals surface area (Å²) < 4.78 is 32.7. The number of rotatable bonds is 5. The molecule has 2 saturated heterocycles. The second-order valence-electron chi connectivity index (χ2n) is 7.33. The molecule has 8 nitrogen and oxygen atoms in total. The smallest absolute Gasteiger partial charge is 0.243 e. The second-order valence-corrected chi connectivity index (χ2v) is 9.27. The molecule has 0 atom stereocenters. The van der Waals surface area contributed by atoms with E-state index in [1.54, 1.807) is 30.5 Å². The standard InChI is InChI=1S/C20H27N5O3S/c1-28-17-6-5-7-18(16-17)29(26,27)25-14-12-23(13-15-25)19-8-9-21-20(22-19)24-10-3-2-4-11-24/h5-9,16H,2-4,10-15H2,1H3. The molecule has 4 rings (SSSR count). The molecule has 0 aliphatic carbocycles. The maximum Gasteiger partial charge on any atom is 0.243 e. The summed E-state index contributed by atoms with van der Waals surface area (Å²) in [5, 5.41) is 0. The number of methoxy groups -OCH3 is 1. The number of nitrogens with zero attached hydrogens (tertiary/aromatic N) is 5. The van der Waals surface area contributed by atoms with Crippen LogP contribution in [0.5, 0.6) is 5.75 Å². The van der Waals surface area contributed by atoms with Crippen molar-refractivity contribution in [2.75, 3.05) is 56.2 Å². The van der Waals surface area contributed by atoms with Crippen LogP contribution >= 0.6 is 0 Å². The predicted octanol–water partition coefficient (Wildman–Crippen LogP) is 1.99. The normalized spacial score (nSPS) is 18.7. The van der Waals surface area contributed by atoms with Gasteiger partial charge >= 0.3 is 0 Å². The third-order valence-corrected chi connectivity index (χ3v) is 7.40. The number of hydrogen-bond donors (Lipinski definition) is 0. The fraction of sp³-hybridized carbons (Fsp3) is 0.500. The van der Waals surface area contributed by atoms with Crippen LogP contribution in [0.4, 0.5) is 11.8 Å². The minimum Gasteiger partial charge on any atom is -0.497 e. The van der Waals surface area contributed by atoms with Crippen LogP contribution in [0, 0.1) is 0 Å². The van der Waals surface area contributed by atoms with Crippen LogP contribution in [0.2, 0.25) is 0 Å². The predicted molar refractivity (Wildman–Crippen MR) is 112 cm³/mol. The molecule has 156 valence electrons. The fourth-order valence-corrected chi connectivity index (χ4v) is 5.29. The Morgan fingerprint density at radius 2 is 1.69 bits per heavy atom. The van der Waals surface area contributed by atoms with Crippen molar-refractivity contribution in [3.63, 3.8) is 0 Å². The summed E-state index contributed by atoms with van der Waals surface area (Å²) in [6, 6.07) is 8.52. The molecule has 2 aliphatic heterocycles. The van der Waals surface area contributed by atoms with E-state index in [0.29, 0.717) is 31.9 Å². The largest absolute Gasteiger partial charge is 0.497 e. The van der Waals surface area contributed by atoms with Gasteiger partial charge in [0.2, 0.25) is 16.0 Å². The van der Waals surface area contributed by atoms with Gasteiger partial charge in [-0.05, 0) is 37.5 Å². The maximum absolute atomic E-state index is 13.0. The molecule has 3 heterocycles. The molecule has 0 spiro atoms. The zero-order chi connectivity index (χ0) is 20.3. The first kappa shape index (κ1) is 19.9. The van der Waals surface area contributed by atoms with E-state index in [1.807, 2.05) is 6.07 Å². The van der Waals surface area contributed by atoms with Gasteiger partial charge in [-0.1, -0.05) is 6.07 Å². The van der Waals surface area contributed by atoms with Gasteiger partial charge in [0.05, 0.1) is 12.0 Å². The molecule has 0 N–H and O–H groups in total. The van der Waals surface area contributed by atoms with Crippen LogP contribution in [-0.4, -0.2) is 69.1 Å². The van der Waals surface area contributed by atoms with E-state index < -0.39 is 10.0 Å². The zero-order valence-corrected chi connectivity index (χ0v) is 17.5. The monoisotopic (exact) mass is 417 g/mol. The summed E-state index contributed by atoms with van der Waals surface area (Å²) >= 11 is 0. The van der Waals surface area contributed by atoms with E-state index in [-0.39, 0.29) is 4.90 Å². The number of aromatic nitrogens is 2. The highest BCUT2D eigenvalue weighted by atomic mass is 32.2. The quantitative estimate of drug-likeness (QED) is 0.736. The molecule has 0 unspecified atom stereocenters. The van der Waals surface area contributed by atoms with E-state index in [1.165, 1.54) is 30.7 Å². The molecule has 0 amide bonds. The van der Waals surface area contributed by atoms with Crippen molar-refractivity contribution in [1.82, 2.24) is 14.3 Å². The van der Waals surface area contributed by atoms with E-state index in [0.717, 1.165) is 24.9 Å². The average Bonchev–Trinajstić information content (AvgIpc) is 2.80. The lowest BCUT2D eigenvalue weighted by Crippen LogP contribution is -2.49. The highest BCUT2D eigenvalue weighted by molar-refractivity contribution is 7.89. The van der Waals surface area contributed by atoms with Crippen LogP contribution in [0.15, 0.2) is 41.4 Å². The van der Waals surface area contributed by atoms with Crippen molar-refractivity contribution in [3.05, 3.63) is 36.5 Å². The van der Waals surface area contributed by atoms with Gasteiger partial charge in [-0.15, -0.1) is 0 Å². The van der Waals surface area contributed by atoms with Crippen LogP contribution in [0.1, 0.15) is 19.3 Å². The minimum absolute atomic E-state index is 0.264. The summed E-state index contributed by atoms with van der Waals surface area (Å²) in [5.41, 5.74) is 0. The number of piperidine rings is 1. The third kappa shape index (κ3) is 4.30. The lowest BCUT2D eigenvalue weighted by Gasteiger charge is -2.35. The fourth-order valence-electron chi connectivity index (χ4n) is 3.83. The first-order chi connectivity index (χ1) is 14.1. The first-order valence-electron chi connectivity index (χ1n) is 10.0. The summed E-state index contributed by atoms with van der Waals surface area (Å²) in [5.74, 6) is 2.17. The van der Waals surface area contributed by atoms with Gasteiger partial charge in [0.1, 0.15) is 11.6 Å². The summed E-state index contributed by atoms with van der Waals surface area (Å²) in [6.07, 6.45) is 5.41. The Hall–Kier alpha value is -2.39. The van der Waals surface area contributed by atoms with Crippen LogP contribution in [-0.2, 0) is 10.0 Å². The van der Waals surface area contributed by atoms with E-state index in [9.17, 15) is 8.42 Å². The molecule has 9 heteroatoms. The molecular weight excluding hydrogens is 390 g/mol. The van der Waals surface area contributed by atoms with Crippen LogP contribution in [0.3, 0.4) is 0 Å². The molecule has 2 aliphatic rings. The first-order valence-corrected chi connectivity index (χ1v) is 11.5. The molecule has 0 radical (unpaired) electrons. The second kappa shape index (κ2) is 8.54. The Morgan fingerprint density at radius 3 is 2.41 bits per heavy atom. The van der Waals surface area contributed by atoms with Crippen molar-refractivity contribution in [1.29, 1.82) is 0 Å². The topological polar surface area (TPSA) is 78.9 Å². The third-order valence-electron chi connectivity index (χ3n) is 5.51. The summed E-state index contributed by atoms with van der Waals surface area (Å²) in [4.78, 5) is 13.8. The number of anilines is 2. The molecule has 2 aromatic rings. The lowest BCUT2D eigenvalue weighted by atomic mass is 10.1. The summed E-state index contributed by atoms with van der Waals surface area (Å²) in [7, 11) is -2.01. The van der Waals surface area contributed by atoms with E-state index >= 15 is 0 Å². The lowest BCUT2D eigenvalue weighted by molar-refractivity contribution is 0.382. The van der Waals surface area contributed by atoms with Gasteiger partial charge in [0.25, 0.3) is 0 Å². The van der Waals surface area contributed by atoms with Gasteiger partial charge in [-0.25, -0.2) is 13.4 Å². The Bertz CT molecular complexity index is 939. The molecular formula is C20H27N5O3S. The Morgan fingerprint density at radius 1 is 0.931 bits per heavy atom. The number of piperazine rings is 1. The molecule has 0 bridgehead atoms. The number of benzene rings is 1.